The van der Waals surface area contributed by atoms with Gasteiger partial charge in [-0.1, -0.05) is 49.3 Å². The molecule has 3 heterocycles. The van der Waals surface area contributed by atoms with Gasteiger partial charge in [0, 0.05) is 10.8 Å². The Morgan fingerprint density at radius 2 is 1.94 bits per heavy atom. The van der Waals surface area contributed by atoms with E-state index in [4.69, 9.17) is 4.74 Å². The molecule has 2 aromatic rings. The van der Waals surface area contributed by atoms with Crippen molar-refractivity contribution in [2.45, 2.75) is 58.6 Å². The zero-order valence-corrected chi connectivity index (χ0v) is 21.2. The topological polar surface area (TPSA) is 66.8 Å². The van der Waals surface area contributed by atoms with Gasteiger partial charge in [-0.2, -0.15) is 0 Å². The molecule has 1 aromatic carbocycles. The normalized spacial score (nSPS) is 26.5. The van der Waals surface area contributed by atoms with Crippen molar-refractivity contribution in [3.63, 3.8) is 0 Å². The van der Waals surface area contributed by atoms with Crippen LogP contribution < -0.4 is 0 Å². The lowest BCUT2D eigenvalue weighted by atomic mass is 9.69. The monoisotopic (exact) mass is 491 g/mol. The third-order valence-corrected chi connectivity index (χ3v) is 8.73. The molecule has 35 heavy (non-hydrogen) atoms. The molecule has 0 spiro atoms. The van der Waals surface area contributed by atoms with Crippen molar-refractivity contribution in [2.75, 3.05) is 6.61 Å². The van der Waals surface area contributed by atoms with E-state index in [0.717, 1.165) is 36.1 Å². The molecule has 5 rings (SSSR count). The zero-order valence-electron chi connectivity index (χ0n) is 20.4. The Morgan fingerprint density at radius 3 is 2.63 bits per heavy atom. The van der Waals surface area contributed by atoms with Crippen molar-refractivity contribution in [1.82, 2.24) is 4.90 Å². The van der Waals surface area contributed by atoms with Crippen LogP contribution in [0.15, 0.2) is 58.5 Å². The van der Waals surface area contributed by atoms with E-state index in [-0.39, 0.29) is 41.4 Å². The van der Waals surface area contributed by atoms with Crippen molar-refractivity contribution in [3.8, 4) is 5.75 Å². The van der Waals surface area contributed by atoms with Gasteiger partial charge in [0.2, 0.25) is 11.8 Å². The number of likely N-dealkylation sites (tertiary alicyclic amines) is 1. The van der Waals surface area contributed by atoms with Gasteiger partial charge in [-0.05, 0) is 66.8 Å². The van der Waals surface area contributed by atoms with E-state index in [9.17, 15) is 14.7 Å². The first-order chi connectivity index (χ1) is 17.0. The summed E-state index contributed by atoms with van der Waals surface area (Å²) in [7, 11) is 0. The minimum atomic E-state index is -0.282. The van der Waals surface area contributed by atoms with Gasteiger partial charge in [0.25, 0.3) is 0 Å². The van der Waals surface area contributed by atoms with Gasteiger partial charge >= 0.3 is 0 Å². The van der Waals surface area contributed by atoms with Crippen LogP contribution in [-0.4, -0.2) is 34.5 Å². The smallest absolute Gasteiger partial charge is 0.234 e. The molecule has 2 fully saturated rings. The number of imide groups is 1. The lowest BCUT2D eigenvalue weighted by Crippen LogP contribution is -2.34. The fourth-order valence-electron chi connectivity index (χ4n) is 6.06. The van der Waals surface area contributed by atoms with Gasteiger partial charge in [-0.15, -0.1) is 11.3 Å². The lowest BCUT2D eigenvalue weighted by molar-refractivity contribution is -0.140. The van der Waals surface area contributed by atoms with Crippen LogP contribution in [0.1, 0.15) is 56.4 Å². The minimum Gasteiger partial charge on any atom is -0.508 e. The molecule has 1 N–H and O–H groups in total. The second-order valence-electron chi connectivity index (χ2n) is 9.81. The van der Waals surface area contributed by atoms with E-state index < -0.39 is 0 Å². The maximum Gasteiger partial charge on any atom is 0.234 e. The van der Waals surface area contributed by atoms with Crippen LogP contribution in [0.3, 0.4) is 0 Å². The predicted molar refractivity (Wildman–Crippen MR) is 138 cm³/mol. The molecule has 0 radical (unpaired) electrons. The number of hydrogen-bond donors (Lipinski definition) is 1. The zero-order chi connectivity index (χ0) is 24.5. The molecule has 6 heteroatoms. The third-order valence-electron chi connectivity index (χ3n) is 7.87. The summed E-state index contributed by atoms with van der Waals surface area (Å²) < 4.78 is 6.33. The van der Waals surface area contributed by atoms with E-state index in [0.29, 0.717) is 19.6 Å². The van der Waals surface area contributed by atoms with Crippen molar-refractivity contribution >= 4 is 29.2 Å². The number of benzene rings is 1. The molecular weight excluding hydrogens is 458 g/mol. The molecule has 1 aromatic heterocycles. The standard InChI is InChI=1S/C29H33NO4S/c1-3-18(14-19-7-10-21(31)11-8-19)9-12-25-26-20(4-2)15-23-27(24(26)17-34-25)29(33)30(28(23)32)16-22-6-5-13-35-22/h5-8,10-11,13-14,23-25,27,31H,3-4,9,12,15-17H2,1-2H3/b18-14+/t23-,24+,25-,27-/m1/s1. The van der Waals surface area contributed by atoms with Gasteiger partial charge in [0.15, 0.2) is 0 Å². The summed E-state index contributed by atoms with van der Waals surface area (Å²) in [6.07, 6.45) is 6.53. The van der Waals surface area contributed by atoms with E-state index in [1.54, 1.807) is 23.5 Å². The molecule has 4 atom stereocenters. The molecule has 2 saturated heterocycles. The summed E-state index contributed by atoms with van der Waals surface area (Å²) in [6, 6.07) is 11.2. The highest BCUT2D eigenvalue weighted by molar-refractivity contribution is 7.09. The number of nitrogens with zero attached hydrogens (tertiary/aromatic N) is 1. The summed E-state index contributed by atoms with van der Waals surface area (Å²) in [5, 5.41) is 11.5. The van der Waals surface area contributed by atoms with Crippen LogP contribution in [0.2, 0.25) is 0 Å². The number of carbonyl (C=O) groups is 2. The fraction of sp³-hybridized carbons (Fsp3) is 0.448. The highest BCUT2D eigenvalue weighted by atomic mass is 32.1. The second kappa shape index (κ2) is 10.1. The van der Waals surface area contributed by atoms with Gasteiger partial charge in [-0.3, -0.25) is 14.5 Å². The van der Waals surface area contributed by atoms with Crippen LogP contribution in [-0.2, 0) is 20.9 Å². The van der Waals surface area contributed by atoms with Gasteiger partial charge in [-0.25, -0.2) is 0 Å². The second-order valence-corrected chi connectivity index (χ2v) is 10.8. The number of phenolic OH excluding ortho intramolecular Hbond substituents is 1. The maximum atomic E-state index is 13.5. The summed E-state index contributed by atoms with van der Waals surface area (Å²) >= 11 is 1.59. The average molecular weight is 492 g/mol. The molecule has 1 aliphatic carbocycles. The van der Waals surface area contributed by atoms with Crippen molar-refractivity contribution in [1.29, 1.82) is 0 Å². The quantitative estimate of drug-likeness (QED) is 0.366. The highest BCUT2D eigenvalue weighted by Gasteiger charge is 2.56. The average Bonchev–Trinajstić information content (AvgIpc) is 3.59. The Bertz CT molecular complexity index is 1150. The van der Waals surface area contributed by atoms with E-state index in [1.807, 2.05) is 29.6 Å². The maximum absolute atomic E-state index is 13.5. The fourth-order valence-corrected chi connectivity index (χ4v) is 6.76. The Morgan fingerprint density at radius 1 is 1.14 bits per heavy atom. The van der Waals surface area contributed by atoms with E-state index in [1.165, 1.54) is 21.6 Å². The van der Waals surface area contributed by atoms with E-state index in [2.05, 4.69) is 19.9 Å². The molecule has 0 unspecified atom stereocenters. The number of aromatic hydroxyl groups is 1. The van der Waals surface area contributed by atoms with Gasteiger partial charge in [0.05, 0.1) is 31.1 Å². The Hall–Kier alpha value is -2.70. The molecule has 2 amide bonds. The van der Waals surface area contributed by atoms with Crippen molar-refractivity contribution < 1.29 is 19.4 Å². The molecule has 184 valence electrons. The minimum absolute atomic E-state index is 0.00745. The first-order valence-electron chi connectivity index (χ1n) is 12.7. The predicted octanol–water partition coefficient (Wildman–Crippen LogP) is 5.95. The summed E-state index contributed by atoms with van der Waals surface area (Å²) in [4.78, 5) is 29.3. The van der Waals surface area contributed by atoms with Crippen LogP contribution in [0.5, 0.6) is 5.75 Å². The number of thiophene rings is 1. The first kappa shape index (κ1) is 24.0. The van der Waals surface area contributed by atoms with Crippen LogP contribution in [0.4, 0.5) is 0 Å². The number of ether oxygens (including phenoxy) is 1. The Balaban J connectivity index is 1.33. The van der Waals surface area contributed by atoms with Crippen molar-refractivity contribution in [3.05, 3.63) is 68.9 Å². The Kier molecular flexibility index (Phi) is 6.94. The van der Waals surface area contributed by atoms with E-state index >= 15 is 0 Å². The molecule has 5 nitrogen and oxygen atoms in total. The number of carbonyl (C=O) groups excluding carboxylic acids is 2. The summed E-state index contributed by atoms with van der Waals surface area (Å²) in [5.74, 6) is -0.257. The van der Waals surface area contributed by atoms with Crippen molar-refractivity contribution in [2.24, 2.45) is 17.8 Å². The number of hydrogen-bond acceptors (Lipinski definition) is 5. The first-order valence-corrected chi connectivity index (χ1v) is 13.6. The van der Waals surface area contributed by atoms with Gasteiger partial charge < -0.3 is 9.84 Å². The molecule has 0 saturated carbocycles. The SMILES string of the molecule is CCC1=C2[C@@H](CC/C(=C/c3ccc(O)cc3)CC)OC[C@@H]2[C@@H]2C(=O)N(Cc3cccs3)C(=O)[C@@H]2C1. The number of rotatable bonds is 8. The highest BCUT2D eigenvalue weighted by Crippen LogP contribution is 2.50. The van der Waals surface area contributed by atoms with Crippen LogP contribution in [0, 0.1) is 17.8 Å². The number of phenols is 1. The lowest BCUT2D eigenvalue weighted by Gasteiger charge is -2.31. The van der Waals surface area contributed by atoms with Crippen LogP contribution >= 0.6 is 11.3 Å². The molecule has 0 bridgehead atoms. The largest absolute Gasteiger partial charge is 0.508 e. The Labute approximate surface area is 211 Å². The summed E-state index contributed by atoms with van der Waals surface area (Å²) in [5.41, 5.74) is 5.04. The third kappa shape index (κ3) is 4.62. The molecule has 3 aliphatic rings. The summed E-state index contributed by atoms with van der Waals surface area (Å²) in [6.45, 7) is 5.23. The number of fused-ring (bicyclic) bond motifs is 3. The van der Waals surface area contributed by atoms with Crippen LogP contribution in [0.25, 0.3) is 6.08 Å². The number of allylic oxidation sites excluding steroid dienone is 2. The van der Waals surface area contributed by atoms with Gasteiger partial charge in [0.1, 0.15) is 5.75 Å². The number of amides is 2. The molecular formula is C29H33NO4S. The molecule has 2 aliphatic heterocycles.